The van der Waals surface area contributed by atoms with Crippen molar-refractivity contribution in [1.82, 2.24) is 9.88 Å². The Hall–Kier alpha value is -2.30. The van der Waals surface area contributed by atoms with Crippen LogP contribution in [0.2, 0.25) is 5.02 Å². The van der Waals surface area contributed by atoms with Crippen molar-refractivity contribution in [1.29, 1.82) is 5.26 Å². The minimum absolute atomic E-state index is 0.115. The Morgan fingerprint density at radius 3 is 2.67 bits per heavy atom. The number of aromatic nitrogens is 1. The Bertz CT molecular complexity index is 954. The highest BCUT2D eigenvalue weighted by Gasteiger charge is 2.34. The average molecular weight is 449 g/mol. The van der Waals surface area contributed by atoms with Crippen LogP contribution in [-0.2, 0) is 11.3 Å². The highest BCUT2D eigenvalue weighted by atomic mass is 35.5. The average Bonchev–Trinajstić information content (AvgIpc) is 3.05. The van der Waals surface area contributed by atoms with Crippen LogP contribution in [0.4, 0.5) is 4.79 Å². The van der Waals surface area contributed by atoms with Gasteiger partial charge in [0.05, 0.1) is 10.6 Å². The van der Waals surface area contributed by atoms with Crippen LogP contribution in [0.3, 0.4) is 0 Å². The van der Waals surface area contributed by atoms with E-state index in [0.717, 1.165) is 18.5 Å². The quantitative estimate of drug-likeness (QED) is 0.551. The maximum absolute atomic E-state index is 12.3. The molecule has 2 aromatic rings. The standard InChI is InChI=1S/C22H27ClN3O3S/c1-15-20(13-28-17-6-5-16(12-24)19(23)11-17)30(14-25-15)18-7-9-26(10-8-18)21(27)29-22(2,3)4/h5-6,11,14,18H,7-10,13H2,1-4H3/q+1. The third-order valence-corrected chi connectivity index (χ3v) is 7.75. The Morgan fingerprint density at radius 2 is 2.07 bits per heavy atom. The molecule has 1 aliphatic rings. The monoisotopic (exact) mass is 448 g/mol. The van der Waals surface area contributed by atoms with E-state index in [1.54, 1.807) is 23.1 Å². The van der Waals surface area contributed by atoms with Crippen LogP contribution in [0.1, 0.15) is 55.0 Å². The van der Waals surface area contributed by atoms with Crippen LogP contribution >= 0.6 is 22.1 Å². The van der Waals surface area contributed by atoms with Crippen LogP contribution in [-0.4, -0.2) is 34.7 Å². The molecule has 1 fully saturated rings. The molecule has 1 saturated heterocycles. The summed E-state index contributed by atoms with van der Waals surface area (Å²) in [5.74, 6) is 0.634. The van der Waals surface area contributed by atoms with Gasteiger partial charge in [0, 0.05) is 42.5 Å². The topological polar surface area (TPSA) is 75.5 Å². The fourth-order valence-corrected chi connectivity index (χ4v) is 5.84. The van der Waals surface area contributed by atoms with Gasteiger partial charge < -0.3 is 14.4 Å². The van der Waals surface area contributed by atoms with Gasteiger partial charge in [-0.05, 0) is 39.8 Å². The van der Waals surface area contributed by atoms with Crippen molar-refractivity contribution in [3.8, 4) is 11.8 Å². The lowest BCUT2D eigenvalue weighted by molar-refractivity contribution is 0.0212. The molecule has 1 atom stereocenters. The summed E-state index contributed by atoms with van der Waals surface area (Å²) < 4.78 is 11.5. The molecule has 0 spiro atoms. The van der Waals surface area contributed by atoms with E-state index in [0.29, 0.717) is 41.3 Å². The fourth-order valence-electron chi connectivity index (χ4n) is 3.35. The van der Waals surface area contributed by atoms with Gasteiger partial charge in [-0.25, -0.2) is 9.78 Å². The molecule has 2 heterocycles. The number of nitriles is 1. The molecule has 3 rings (SSSR count). The molecule has 0 aliphatic carbocycles. The first-order chi connectivity index (χ1) is 14.2. The zero-order valence-electron chi connectivity index (χ0n) is 17.8. The van der Waals surface area contributed by atoms with Gasteiger partial charge in [-0.2, -0.15) is 5.26 Å². The lowest BCUT2D eigenvalue weighted by Crippen LogP contribution is -2.40. The maximum atomic E-state index is 12.3. The normalized spacial score (nSPS) is 15.6. The number of amides is 1. The van der Waals surface area contributed by atoms with E-state index in [1.807, 2.05) is 39.3 Å². The third kappa shape index (κ3) is 5.44. The zero-order chi connectivity index (χ0) is 21.9. The van der Waals surface area contributed by atoms with Crippen molar-refractivity contribution in [3.63, 3.8) is 0 Å². The van der Waals surface area contributed by atoms with Gasteiger partial charge in [-0.15, -0.1) is 0 Å². The fraction of sp³-hybridized carbons (Fsp3) is 0.500. The van der Waals surface area contributed by atoms with Gasteiger partial charge in [-0.3, -0.25) is 0 Å². The molecule has 1 unspecified atom stereocenters. The summed E-state index contributed by atoms with van der Waals surface area (Å²) in [4.78, 5) is 19.8. The Labute approximate surface area is 185 Å². The molecule has 1 aromatic carbocycles. The Morgan fingerprint density at radius 1 is 1.37 bits per heavy atom. The van der Waals surface area contributed by atoms with Crippen molar-refractivity contribution in [2.75, 3.05) is 13.1 Å². The molecular formula is C22H27ClN3O3S+. The summed E-state index contributed by atoms with van der Waals surface area (Å²) in [7, 11) is -0.115. The summed E-state index contributed by atoms with van der Waals surface area (Å²) in [5, 5.41) is 9.83. The maximum Gasteiger partial charge on any atom is 0.410 e. The molecule has 1 amide bonds. The Balaban J connectivity index is 1.63. The minimum atomic E-state index is -0.480. The molecule has 0 N–H and O–H groups in total. The molecule has 1 aliphatic heterocycles. The molecule has 1 aromatic heterocycles. The van der Waals surface area contributed by atoms with Crippen molar-refractivity contribution in [3.05, 3.63) is 44.9 Å². The van der Waals surface area contributed by atoms with Gasteiger partial charge in [0.15, 0.2) is 6.61 Å². The van der Waals surface area contributed by atoms with Crippen LogP contribution in [0.25, 0.3) is 0 Å². The third-order valence-electron chi connectivity index (χ3n) is 4.93. The number of halogens is 1. The lowest BCUT2D eigenvalue weighted by atomic mass is 10.1. The molecule has 160 valence electrons. The summed E-state index contributed by atoms with van der Waals surface area (Å²) in [6.07, 6.45) is 1.58. The number of piperidine rings is 1. The van der Waals surface area contributed by atoms with E-state index in [4.69, 9.17) is 26.3 Å². The summed E-state index contributed by atoms with van der Waals surface area (Å²) in [6.45, 7) is 9.47. The van der Waals surface area contributed by atoms with Crippen molar-refractivity contribution in [2.45, 2.75) is 58.0 Å². The summed E-state index contributed by atoms with van der Waals surface area (Å²) in [6, 6.07) is 7.14. The largest absolute Gasteiger partial charge is 0.484 e. The number of hydrogen-bond acceptors (Lipinski definition) is 5. The number of nitrogens with zero attached hydrogens (tertiary/aromatic N) is 3. The Kier molecular flexibility index (Phi) is 6.89. The highest BCUT2D eigenvalue weighted by Crippen LogP contribution is 2.43. The number of hydrogen-bond donors (Lipinski definition) is 0. The first kappa shape index (κ1) is 22.4. The predicted molar refractivity (Wildman–Crippen MR) is 118 cm³/mol. The second-order valence-electron chi connectivity index (χ2n) is 8.32. The molecule has 0 bridgehead atoms. The van der Waals surface area contributed by atoms with Gasteiger partial charge in [0.1, 0.15) is 28.4 Å². The number of rotatable bonds is 4. The number of carbonyl (C=O) groups excluding carboxylic acids is 1. The summed E-state index contributed by atoms with van der Waals surface area (Å²) >= 11 is 6.10. The zero-order valence-corrected chi connectivity index (χ0v) is 19.3. The van der Waals surface area contributed by atoms with E-state index < -0.39 is 5.60 Å². The van der Waals surface area contributed by atoms with Crippen molar-refractivity contribution in [2.24, 2.45) is 0 Å². The molecule has 8 heteroatoms. The number of likely N-dealkylation sites (tertiary alicyclic amines) is 1. The van der Waals surface area contributed by atoms with E-state index in [1.165, 1.54) is 4.88 Å². The smallest absolute Gasteiger partial charge is 0.410 e. The molecule has 6 nitrogen and oxygen atoms in total. The van der Waals surface area contributed by atoms with Gasteiger partial charge >= 0.3 is 6.09 Å². The second-order valence-corrected chi connectivity index (χ2v) is 10.8. The van der Waals surface area contributed by atoms with Crippen LogP contribution < -0.4 is 4.74 Å². The molecule has 0 radical (unpaired) electrons. The van der Waals surface area contributed by atoms with E-state index in [-0.39, 0.29) is 16.6 Å². The molecule has 0 saturated carbocycles. The predicted octanol–water partition coefficient (Wildman–Crippen LogP) is 5.82. The van der Waals surface area contributed by atoms with Crippen LogP contribution in [0, 0.1) is 18.3 Å². The number of ether oxygens (including phenoxy) is 2. The number of carbonyl (C=O) groups is 1. The number of thiazole rings is 1. The van der Waals surface area contributed by atoms with Gasteiger partial charge in [-0.1, -0.05) is 11.6 Å². The first-order valence-electron chi connectivity index (χ1n) is 9.94. The first-order valence-corrected chi connectivity index (χ1v) is 11.7. The van der Waals surface area contributed by atoms with Gasteiger partial charge in [0.25, 0.3) is 0 Å². The van der Waals surface area contributed by atoms with Gasteiger partial charge in [0.2, 0.25) is 10.4 Å². The van der Waals surface area contributed by atoms with Crippen LogP contribution in [0.5, 0.6) is 5.75 Å². The van der Waals surface area contributed by atoms with E-state index in [9.17, 15) is 4.79 Å². The lowest BCUT2D eigenvalue weighted by Gasteiger charge is -2.31. The van der Waals surface area contributed by atoms with E-state index in [2.05, 4.69) is 4.98 Å². The highest BCUT2D eigenvalue weighted by molar-refractivity contribution is 7.30. The molecule has 30 heavy (non-hydrogen) atoms. The SMILES string of the molecule is Cc1nc[s+](C2CCN(C(=O)OC(C)(C)C)CC2)c1COc1ccc(C#N)c(Cl)c1. The minimum Gasteiger partial charge on any atom is -0.484 e. The van der Waals surface area contributed by atoms with E-state index >= 15 is 0 Å². The summed E-state index contributed by atoms with van der Waals surface area (Å²) in [5.41, 5.74) is 2.98. The second kappa shape index (κ2) is 9.23. The van der Waals surface area contributed by atoms with Crippen molar-refractivity contribution >= 4 is 28.2 Å². The molecular weight excluding hydrogens is 422 g/mol. The number of aryl methyl sites for hydroxylation is 1. The van der Waals surface area contributed by atoms with Crippen molar-refractivity contribution < 1.29 is 14.3 Å². The van der Waals surface area contributed by atoms with Crippen LogP contribution in [0.15, 0.2) is 23.7 Å². The number of benzene rings is 1.